The molecule has 0 aliphatic carbocycles. The predicted octanol–water partition coefficient (Wildman–Crippen LogP) is 5.33. The number of aryl methyl sites for hydroxylation is 1. The SMILES string of the molecule is CCSc1ccc(CC(=O)N2CCC(Oc3nc4c(C)cccc4s3)CC2)cc1. The summed E-state index contributed by atoms with van der Waals surface area (Å²) >= 11 is 3.42. The van der Waals surface area contributed by atoms with Crippen molar-refractivity contribution in [3.05, 3.63) is 53.6 Å². The molecule has 0 unspecified atom stereocenters. The molecule has 6 heteroatoms. The van der Waals surface area contributed by atoms with Gasteiger partial charge in [-0.3, -0.25) is 4.79 Å². The zero-order valence-electron chi connectivity index (χ0n) is 16.9. The van der Waals surface area contributed by atoms with Crippen LogP contribution in [-0.2, 0) is 11.2 Å². The van der Waals surface area contributed by atoms with Gasteiger partial charge < -0.3 is 9.64 Å². The molecule has 0 N–H and O–H groups in total. The normalized spacial score (nSPS) is 15.0. The second-order valence-corrected chi connectivity index (χ2v) is 9.68. The number of thiazole rings is 1. The number of para-hydroxylation sites is 1. The van der Waals surface area contributed by atoms with Gasteiger partial charge in [-0.1, -0.05) is 42.5 Å². The van der Waals surface area contributed by atoms with Gasteiger partial charge in [0, 0.05) is 30.8 Å². The van der Waals surface area contributed by atoms with E-state index in [0.717, 1.165) is 52.7 Å². The van der Waals surface area contributed by atoms with Crippen LogP contribution in [0.2, 0.25) is 0 Å². The minimum Gasteiger partial charge on any atom is -0.467 e. The molecule has 0 radical (unpaired) electrons. The van der Waals surface area contributed by atoms with Gasteiger partial charge in [-0.2, -0.15) is 0 Å². The molecule has 0 saturated carbocycles. The van der Waals surface area contributed by atoms with Gasteiger partial charge in [0.15, 0.2) is 0 Å². The van der Waals surface area contributed by atoms with Crippen molar-refractivity contribution in [2.75, 3.05) is 18.8 Å². The first kappa shape index (κ1) is 20.2. The molecule has 2 heterocycles. The summed E-state index contributed by atoms with van der Waals surface area (Å²) in [5.74, 6) is 1.27. The molecule has 0 bridgehead atoms. The Morgan fingerprint density at radius 3 is 2.66 bits per heavy atom. The summed E-state index contributed by atoms with van der Waals surface area (Å²) < 4.78 is 7.31. The summed E-state index contributed by atoms with van der Waals surface area (Å²) in [7, 11) is 0. The first-order valence-corrected chi connectivity index (χ1v) is 11.9. The van der Waals surface area contributed by atoms with Crippen molar-refractivity contribution in [2.45, 2.75) is 44.1 Å². The van der Waals surface area contributed by atoms with Crippen LogP contribution in [0.25, 0.3) is 10.2 Å². The molecule has 1 fully saturated rings. The van der Waals surface area contributed by atoms with E-state index in [1.54, 1.807) is 11.3 Å². The van der Waals surface area contributed by atoms with Crippen LogP contribution in [0.15, 0.2) is 47.4 Å². The van der Waals surface area contributed by atoms with E-state index >= 15 is 0 Å². The van der Waals surface area contributed by atoms with E-state index in [1.807, 2.05) is 16.7 Å². The molecule has 1 saturated heterocycles. The van der Waals surface area contributed by atoms with Crippen molar-refractivity contribution >= 4 is 39.2 Å². The molecule has 29 heavy (non-hydrogen) atoms. The third-order valence-corrected chi connectivity index (χ3v) is 7.06. The van der Waals surface area contributed by atoms with Gasteiger partial charge in [-0.15, -0.1) is 11.8 Å². The Labute approximate surface area is 180 Å². The van der Waals surface area contributed by atoms with Crippen LogP contribution in [0, 0.1) is 6.92 Å². The number of likely N-dealkylation sites (tertiary alicyclic amines) is 1. The lowest BCUT2D eigenvalue weighted by molar-refractivity contribution is -0.132. The van der Waals surface area contributed by atoms with Crippen molar-refractivity contribution in [2.24, 2.45) is 0 Å². The Morgan fingerprint density at radius 1 is 1.21 bits per heavy atom. The van der Waals surface area contributed by atoms with Crippen LogP contribution in [-0.4, -0.2) is 40.7 Å². The smallest absolute Gasteiger partial charge is 0.274 e. The third-order valence-electron chi connectivity index (χ3n) is 5.25. The topological polar surface area (TPSA) is 42.4 Å². The van der Waals surface area contributed by atoms with E-state index in [0.29, 0.717) is 6.42 Å². The van der Waals surface area contributed by atoms with Gasteiger partial charge in [0.25, 0.3) is 5.19 Å². The number of hydrogen-bond acceptors (Lipinski definition) is 5. The Kier molecular flexibility index (Phi) is 6.40. The minimum absolute atomic E-state index is 0.130. The monoisotopic (exact) mass is 426 g/mol. The van der Waals surface area contributed by atoms with Gasteiger partial charge in [-0.05, 0) is 42.0 Å². The molecule has 1 aliphatic rings. The Hall–Kier alpha value is -2.05. The molecule has 1 amide bonds. The van der Waals surface area contributed by atoms with Crippen molar-refractivity contribution in [1.82, 2.24) is 9.88 Å². The molecule has 4 rings (SSSR count). The van der Waals surface area contributed by atoms with E-state index in [1.165, 1.54) is 10.5 Å². The number of nitrogens with zero attached hydrogens (tertiary/aromatic N) is 2. The fraction of sp³-hybridized carbons (Fsp3) is 0.391. The number of thioether (sulfide) groups is 1. The van der Waals surface area contributed by atoms with Crippen molar-refractivity contribution in [3.8, 4) is 5.19 Å². The van der Waals surface area contributed by atoms with E-state index < -0.39 is 0 Å². The standard InChI is InChI=1S/C23H26N2O2S2/c1-3-28-19-9-7-17(8-10-19)15-21(26)25-13-11-18(12-14-25)27-23-24-22-16(2)5-4-6-20(22)29-23/h4-10,18H,3,11-15H2,1-2H3. The van der Waals surface area contributed by atoms with E-state index in [9.17, 15) is 4.79 Å². The zero-order valence-corrected chi connectivity index (χ0v) is 18.5. The third kappa shape index (κ3) is 4.93. The average Bonchev–Trinajstić information content (AvgIpc) is 3.14. The van der Waals surface area contributed by atoms with E-state index in [4.69, 9.17) is 4.74 Å². The number of ether oxygens (including phenoxy) is 1. The molecular formula is C23H26N2O2S2. The highest BCUT2D eigenvalue weighted by atomic mass is 32.2. The summed E-state index contributed by atoms with van der Waals surface area (Å²) in [6.45, 7) is 5.72. The van der Waals surface area contributed by atoms with E-state index in [2.05, 4.69) is 61.3 Å². The summed E-state index contributed by atoms with van der Waals surface area (Å²) in [4.78, 5) is 20.5. The summed E-state index contributed by atoms with van der Waals surface area (Å²) in [5, 5.41) is 0.740. The Bertz CT molecular complexity index is 976. The largest absolute Gasteiger partial charge is 0.467 e. The number of rotatable bonds is 6. The molecule has 0 atom stereocenters. The van der Waals surface area contributed by atoms with Gasteiger partial charge >= 0.3 is 0 Å². The number of carbonyl (C=O) groups is 1. The molecule has 3 aromatic rings. The number of carbonyl (C=O) groups excluding carboxylic acids is 1. The maximum Gasteiger partial charge on any atom is 0.274 e. The first-order chi connectivity index (χ1) is 14.1. The highest BCUT2D eigenvalue weighted by molar-refractivity contribution is 7.99. The van der Waals surface area contributed by atoms with Crippen molar-refractivity contribution in [3.63, 3.8) is 0 Å². The molecule has 152 valence electrons. The van der Waals surface area contributed by atoms with Crippen LogP contribution in [0.3, 0.4) is 0 Å². The van der Waals surface area contributed by atoms with Gasteiger partial charge in [-0.25, -0.2) is 4.98 Å². The number of hydrogen-bond donors (Lipinski definition) is 0. The van der Waals surface area contributed by atoms with Crippen LogP contribution in [0.4, 0.5) is 0 Å². The summed E-state index contributed by atoms with van der Waals surface area (Å²) in [6.07, 6.45) is 2.31. The molecule has 2 aromatic carbocycles. The number of piperidine rings is 1. The molecule has 4 nitrogen and oxygen atoms in total. The highest BCUT2D eigenvalue weighted by Gasteiger charge is 2.25. The van der Waals surface area contributed by atoms with Crippen LogP contribution >= 0.6 is 23.1 Å². The second-order valence-electron chi connectivity index (χ2n) is 7.35. The summed E-state index contributed by atoms with van der Waals surface area (Å²) in [6, 6.07) is 14.6. The van der Waals surface area contributed by atoms with Crippen molar-refractivity contribution < 1.29 is 9.53 Å². The van der Waals surface area contributed by atoms with Crippen molar-refractivity contribution in [1.29, 1.82) is 0 Å². The van der Waals surface area contributed by atoms with E-state index in [-0.39, 0.29) is 12.0 Å². The lowest BCUT2D eigenvalue weighted by Gasteiger charge is -2.31. The van der Waals surface area contributed by atoms with Crippen LogP contribution in [0.5, 0.6) is 5.19 Å². The fourth-order valence-electron chi connectivity index (χ4n) is 3.64. The average molecular weight is 427 g/mol. The number of benzene rings is 2. The van der Waals surface area contributed by atoms with Gasteiger partial charge in [0.05, 0.1) is 16.6 Å². The van der Waals surface area contributed by atoms with Crippen LogP contribution in [0.1, 0.15) is 30.9 Å². The predicted molar refractivity (Wildman–Crippen MR) is 121 cm³/mol. The Balaban J connectivity index is 1.29. The Morgan fingerprint density at radius 2 is 1.97 bits per heavy atom. The van der Waals surface area contributed by atoms with Crippen LogP contribution < -0.4 is 4.74 Å². The molecule has 1 aromatic heterocycles. The summed E-state index contributed by atoms with van der Waals surface area (Å²) in [5.41, 5.74) is 3.29. The maximum atomic E-state index is 12.7. The number of amides is 1. The lowest BCUT2D eigenvalue weighted by atomic mass is 10.1. The first-order valence-electron chi connectivity index (χ1n) is 10.1. The zero-order chi connectivity index (χ0) is 20.2. The lowest BCUT2D eigenvalue weighted by Crippen LogP contribution is -2.42. The van der Waals surface area contributed by atoms with Gasteiger partial charge in [0.2, 0.25) is 5.91 Å². The maximum absolute atomic E-state index is 12.7. The van der Waals surface area contributed by atoms with Gasteiger partial charge in [0.1, 0.15) is 6.10 Å². The molecule has 0 spiro atoms. The minimum atomic E-state index is 0.130. The number of aromatic nitrogens is 1. The number of fused-ring (bicyclic) bond motifs is 1. The molecular weight excluding hydrogens is 400 g/mol. The molecule has 1 aliphatic heterocycles. The highest BCUT2D eigenvalue weighted by Crippen LogP contribution is 2.31. The quantitative estimate of drug-likeness (QED) is 0.500. The fourth-order valence-corrected chi connectivity index (χ4v) is 5.26. The second kappa shape index (κ2) is 9.18.